The Morgan fingerprint density at radius 2 is 1.75 bits per heavy atom. The summed E-state index contributed by atoms with van der Waals surface area (Å²) in [4.78, 5) is 26.6. The first-order valence-electron chi connectivity index (χ1n) is 4.68. The Kier molecular flexibility index (Phi) is 3.65. The fourth-order valence-electron chi connectivity index (χ4n) is 1.05. The van der Waals surface area contributed by atoms with E-state index in [1.165, 1.54) is 14.2 Å². The zero-order chi connectivity index (χ0) is 12.3. The molecule has 1 heterocycles. The van der Waals surface area contributed by atoms with Gasteiger partial charge in [0.15, 0.2) is 5.89 Å². The second kappa shape index (κ2) is 4.78. The van der Waals surface area contributed by atoms with Crippen molar-refractivity contribution in [1.82, 2.24) is 4.98 Å². The van der Waals surface area contributed by atoms with E-state index < -0.39 is 11.9 Å². The number of hydrogen-bond acceptors (Lipinski definition) is 6. The van der Waals surface area contributed by atoms with Crippen molar-refractivity contribution in [3.8, 4) is 0 Å². The average Bonchev–Trinajstić information content (AvgIpc) is 2.71. The molecule has 0 fully saturated rings. The molecular weight excluding hydrogens is 214 g/mol. The molecule has 0 saturated carbocycles. The predicted molar refractivity (Wildman–Crippen MR) is 53.3 cm³/mol. The van der Waals surface area contributed by atoms with Crippen molar-refractivity contribution in [2.45, 2.75) is 19.8 Å². The van der Waals surface area contributed by atoms with Crippen LogP contribution in [0.2, 0.25) is 0 Å². The first-order chi connectivity index (χ1) is 7.51. The summed E-state index contributed by atoms with van der Waals surface area (Å²) in [5.74, 6) is -1.45. The number of ether oxygens (including phenoxy) is 2. The van der Waals surface area contributed by atoms with Crippen molar-refractivity contribution in [3.63, 3.8) is 0 Å². The molecule has 0 N–H and O–H groups in total. The lowest BCUT2D eigenvalue weighted by molar-refractivity contribution is 0.0525. The van der Waals surface area contributed by atoms with Gasteiger partial charge in [-0.1, -0.05) is 13.8 Å². The Morgan fingerprint density at radius 3 is 2.19 bits per heavy atom. The molecule has 0 bridgehead atoms. The van der Waals surface area contributed by atoms with Crippen LogP contribution in [0.4, 0.5) is 0 Å². The van der Waals surface area contributed by atoms with Gasteiger partial charge >= 0.3 is 11.9 Å². The summed E-state index contributed by atoms with van der Waals surface area (Å²) in [6.45, 7) is 3.65. The second-order valence-corrected chi connectivity index (χ2v) is 3.37. The van der Waals surface area contributed by atoms with Gasteiger partial charge in [0.1, 0.15) is 0 Å². The van der Waals surface area contributed by atoms with Gasteiger partial charge in [-0.2, -0.15) is 0 Å². The fraction of sp³-hybridized carbons (Fsp3) is 0.500. The van der Waals surface area contributed by atoms with Crippen LogP contribution in [-0.4, -0.2) is 31.1 Å². The Labute approximate surface area is 92.6 Å². The molecule has 6 heteroatoms. The Balaban J connectivity index is 3.22. The van der Waals surface area contributed by atoms with Gasteiger partial charge in [0.25, 0.3) is 0 Å². The molecule has 0 aliphatic carbocycles. The zero-order valence-electron chi connectivity index (χ0n) is 9.57. The minimum atomic E-state index is -0.750. The van der Waals surface area contributed by atoms with Crippen LogP contribution < -0.4 is 0 Å². The average molecular weight is 227 g/mol. The fourth-order valence-corrected chi connectivity index (χ4v) is 1.05. The summed E-state index contributed by atoms with van der Waals surface area (Å²) < 4.78 is 14.1. The van der Waals surface area contributed by atoms with Crippen LogP contribution in [0.1, 0.15) is 46.7 Å². The highest BCUT2D eigenvalue weighted by Gasteiger charge is 2.27. The number of hydrogen-bond donors (Lipinski definition) is 0. The minimum Gasteiger partial charge on any atom is -0.464 e. The summed E-state index contributed by atoms with van der Waals surface area (Å²) in [5.41, 5.74) is -0.155. The smallest absolute Gasteiger partial charge is 0.376 e. The van der Waals surface area contributed by atoms with Crippen molar-refractivity contribution in [3.05, 3.63) is 17.3 Å². The zero-order valence-corrected chi connectivity index (χ0v) is 9.57. The molecule has 6 nitrogen and oxygen atoms in total. The Hall–Kier alpha value is -1.85. The molecule has 1 aromatic rings. The van der Waals surface area contributed by atoms with E-state index in [4.69, 9.17) is 4.42 Å². The van der Waals surface area contributed by atoms with Gasteiger partial charge in [0.2, 0.25) is 11.5 Å². The van der Waals surface area contributed by atoms with Gasteiger partial charge in [-0.05, 0) is 0 Å². The quantitative estimate of drug-likeness (QED) is 0.725. The van der Waals surface area contributed by atoms with Gasteiger partial charge in [-0.3, -0.25) is 0 Å². The number of methoxy groups -OCH3 is 2. The highest BCUT2D eigenvalue weighted by molar-refractivity contribution is 5.99. The lowest BCUT2D eigenvalue weighted by Gasteiger charge is -1.96. The maximum Gasteiger partial charge on any atom is 0.376 e. The van der Waals surface area contributed by atoms with Gasteiger partial charge in [0.05, 0.1) is 14.2 Å². The standard InChI is InChI=1S/C10H13NO5/c1-5(2)8-11-6(9(12)14-3)7(16-8)10(13)15-4/h5H,1-4H3. The van der Waals surface area contributed by atoms with Crippen molar-refractivity contribution < 1.29 is 23.5 Å². The molecule has 0 aromatic carbocycles. The van der Waals surface area contributed by atoms with Crippen molar-refractivity contribution in [2.75, 3.05) is 14.2 Å². The first kappa shape index (κ1) is 12.2. The predicted octanol–water partition coefficient (Wildman–Crippen LogP) is 1.37. The third-order valence-electron chi connectivity index (χ3n) is 1.89. The maximum absolute atomic E-state index is 11.3. The van der Waals surface area contributed by atoms with Crippen LogP contribution in [0.25, 0.3) is 0 Å². The molecule has 88 valence electrons. The van der Waals surface area contributed by atoms with Crippen molar-refractivity contribution >= 4 is 11.9 Å². The molecule has 0 spiro atoms. The Morgan fingerprint density at radius 1 is 1.19 bits per heavy atom. The monoisotopic (exact) mass is 227 g/mol. The summed E-state index contributed by atoms with van der Waals surface area (Å²) in [6.07, 6.45) is 0. The summed E-state index contributed by atoms with van der Waals surface area (Å²) >= 11 is 0. The minimum absolute atomic E-state index is 0.0400. The molecule has 0 radical (unpaired) electrons. The third-order valence-corrected chi connectivity index (χ3v) is 1.89. The number of esters is 2. The normalized spacial score (nSPS) is 10.3. The van der Waals surface area contributed by atoms with Gasteiger partial charge in [0, 0.05) is 5.92 Å². The molecule has 1 rings (SSSR count). The molecule has 16 heavy (non-hydrogen) atoms. The molecule has 0 saturated heterocycles. The molecular formula is C10H13NO5. The SMILES string of the molecule is COC(=O)c1nc(C(C)C)oc1C(=O)OC. The second-order valence-electron chi connectivity index (χ2n) is 3.37. The van der Waals surface area contributed by atoms with Gasteiger partial charge in [-0.15, -0.1) is 0 Å². The van der Waals surface area contributed by atoms with Crippen LogP contribution in [0, 0.1) is 0 Å². The van der Waals surface area contributed by atoms with E-state index in [1.807, 2.05) is 13.8 Å². The molecule has 0 aliphatic rings. The topological polar surface area (TPSA) is 78.6 Å². The van der Waals surface area contributed by atoms with Gasteiger partial charge in [-0.25, -0.2) is 14.6 Å². The van der Waals surface area contributed by atoms with E-state index in [0.29, 0.717) is 5.89 Å². The lowest BCUT2D eigenvalue weighted by atomic mass is 10.2. The van der Waals surface area contributed by atoms with Crippen LogP contribution in [0.15, 0.2) is 4.42 Å². The van der Waals surface area contributed by atoms with E-state index >= 15 is 0 Å². The highest BCUT2D eigenvalue weighted by atomic mass is 16.5. The van der Waals surface area contributed by atoms with Crippen molar-refractivity contribution in [2.24, 2.45) is 0 Å². The van der Waals surface area contributed by atoms with E-state index in [9.17, 15) is 9.59 Å². The van der Waals surface area contributed by atoms with E-state index in [-0.39, 0.29) is 17.4 Å². The molecule has 0 atom stereocenters. The molecule has 1 aromatic heterocycles. The summed E-state index contributed by atoms with van der Waals surface area (Å²) in [6, 6.07) is 0. The van der Waals surface area contributed by atoms with Gasteiger partial charge < -0.3 is 13.9 Å². The van der Waals surface area contributed by atoms with Crippen LogP contribution in [0.5, 0.6) is 0 Å². The Bertz CT molecular complexity index is 374. The molecule has 0 aliphatic heterocycles. The lowest BCUT2D eigenvalue weighted by Crippen LogP contribution is -2.10. The van der Waals surface area contributed by atoms with Crippen molar-refractivity contribution in [1.29, 1.82) is 0 Å². The third kappa shape index (κ3) is 2.21. The maximum atomic E-state index is 11.3. The number of aromatic nitrogens is 1. The summed E-state index contributed by atoms with van der Waals surface area (Å²) in [7, 11) is 2.40. The van der Waals surface area contributed by atoms with E-state index in [1.54, 1.807) is 0 Å². The number of carbonyl (C=O) groups excluding carboxylic acids is 2. The first-order valence-corrected chi connectivity index (χ1v) is 4.68. The molecule has 0 unspecified atom stereocenters. The number of nitrogens with zero attached hydrogens (tertiary/aromatic N) is 1. The largest absolute Gasteiger partial charge is 0.464 e. The molecule has 0 amide bonds. The number of carbonyl (C=O) groups is 2. The summed E-state index contributed by atoms with van der Waals surface area (Å²) in [5, 5.41) is 0. The van der Waals surface area contributed by atoms with E-state index in [2.05, 4.69) is 14.5 Å². The van der Waals surface area contributed by atoms with Crippen LogP contribution in [0.3, 0.4) is 0 Å². The number of rotatable bonds is 3. The van der Waals surface area contributed by atoms with E-state index in [0.717, 1.165) is 0 Å². The van der Waals surface area contributed by atoms with Crippen LogP contribution >= 0.6 is 0 Å². The highest BCUT2D eigenvalue weighted by Crippen LogP contribution is 2.19. The number of oxazole rings is 1. The van der Waals surface area contributed by atoms with Crippen LogP contribution in [-0.2, 0) is 9.47 Å².